The molecule has 0 aromatic heterocycles. The summed E-state index contributed by atoms with van der Waals surface area (Å²) in [5.41, 5.74) is 1.16. The second-order valence-electron chi connectivity index (χ2n) is 7.43. The van der Waals surface area contributed by atoms with Gasteiger partial charge in [-0.15, -0.1) is 0 Å². The molecule has 0 bridgehead atoms. The minimum Gasteiger partial charge on any atom is -0.340 e. The van der Waals surface area contributed by atoms with Crippen molar-refractivity contribution in [2.75, 3.05) is 26.2 Å². The summed E-state index contributed by atoms with van der Waals surface area (Å²) in [6.45, 7) is 8.09. The lowest BCUT2D eigenvalue weighted by atomic mass is 9.99. The molecule has 3 unspecified atom stereocenters. The Morgan fingerprint density at radius 2 is 1.72 bits per heavy atom. The molecule has 0 spiro atoms. The van der Waals surface area contributed by atoms with Crippen molar-refractivity contribution in [3.63, 3.8) is 0 Å². The standard InChI is InChI=1S/C19H28N2O3S/c1-4-14(2)16-5-7-17(8-6-16)25(23,24)21-11-9-20(10-12-21)19(22)18-13-15(18)3/h5-8,14-15,18H,4,9-13H2,1-3H3. The predicted molar refractivity (Wildman–Crippen MR) is 97.8 cm³/mol. The number of carbonyl (C=O) groups is 1. The fraction of sp³-hybridized carbons (Fsp3) is 0.632. The van der Waals surface area contributed by atoms with E-state index in [0.717, 1.165) is 18.4 Å². The maximum absolute atomic E-state index is 12.8. The second-order valence-corrected chi connectivity index (χ2v) is 9.37. The Morgan fingerprint density at radius 1 is 1.16 bits per heavy atom. The molecule has 3 rings (SSSR count). The molecule has 25 heavy (non-hydrogen) atoms. The molecule has 2 fully saturated rings. The zero-order valence-corrected chi connectivity index (χ0v) is 16.1. The van der Waals surface area contributed by atoms with Crippen molar-refractivity contribution in [2.24, 2.45) is 11.8 Å². The zero-order chi connectivity index (χ0) is 18.2. The van der Waals surface area contributed by atoms with Crippen molar-refractivity contribution in [2.45, 2.75) is 44.4 Å². The molecule has 1 heterocycles. The van der Waals surface area contributed by atoms with Gasteiger partial charge in [0.2, 0.25) is 15.9 Å². The van der Waals surface area contributed by atoms with Gasteiger partial charge in [0.15, 0.2) is 0 Å². The van der Waals surface area contributed by atoms with Crippen molar-refractivity contribution >= 4 is 15.9 Å². The van der Waals surface area contributed by atoms with E-state index in [9.17, 15) is 13.2 Å². The maximum atomic E-state index is 12.8. The summed E-state index contributed by atoms with van der Waals surface area (Å²) in [6, 6.07) is 7.24. The van der Waals surface area contributed by atoms with Crippen molar-refractivity contribution in [3.8, 4) is 0 Å². The van der Waals surface area contributed by atoms with Crippen LogP contribution >= 0.6 is 0 Å². The average Bonchev–Trinajstić information content (AvgIpc) is 3.37. The first-order valence-corrected chi connectivity index (χ1v) is 10.7. The molecular formula is C19H28N2O3S. The molecule has 2 aliphatic rings. The zero-order valence-electron chi connectivity index (χ0n) is 15.3. The van der Waals surface area contributed by atoms with E-state index in [-0.39, 0.29) is 11.8 Å². The molecule has 1 amide bonds. The smallest absolute Gasteiger partial charge is 0.243 e. The third-order valence-corrected chi connectivity index (χ3v) is 7.59. The fourth-order valence-electron chi connectivity index (χ4n) is 3.40. The quantitative estimate of drug-likeness (QED) is 0.807. The number of piperazine rings is 1. The number of sulfonamides is 1. The van der Waals surface area contributed by atoms with Gasteiger partial charge in [0.25, 0.3) is 0 Å². The highest BCUT2D eigenvalue weighted by molar-refractivity contribution is 7.89. The summed E-state index contributed by atoms with van der Waals surface area (Å²) in [7, 11) is -3.48. The van der Waals surface area contributed by atoms with Crippen LogP contribution in [0, 0.1) is 11.8 Å². The van der Waals surface area contributed by atoms with Gasteiger partial charge in [0.1, 0.15) is 0 Å². The van der Waals surface area contributed by atoms with Crippen molar-refractivity contribution < 1.29 is 13.2 Å². The molecule has 0 N–H and O–H groups in total. The number of nitrogens with zero attached hydrogens (tertiary/aromatic N) is 2. The van der Waals surface area contributed by atoms with Gasteiger partial charge >= 0.3 is 0 Å². The number of hydrogen-bond acceptors (Lipinski definition) is 3. The number of carbonyl (C=O) groups excluding carboxylic acids is 1. The largest absolute Gasteiger partial charge is 0.340 e. The van der Waals surface area contributed by atoms with E-state index in [4.69, 9.17) is 0 Å². The normalized spacial score (nSPS) is 25.6. The Hall–Kier alpha value is -1.40. The Bertz CT molecular complexity index is 722. The minimum absolute atomic E-state index is 0.163. The minimum atomic E-state index is -3.48. The Labute approximate surface area is 151 Å². The Balaban J connectivity index is 1.64. The number of rotatable bonds is 5. The average molecular weight is 365 g/mol. The topological polar surface area (TPSA) is 57.7 Å². The van der Waals surface area contributed by atoms with Crippen LogP contribution in [0.1, 0.15) is 45.1 Å². The van der Waals surface area contributed by atoms with Gasteiger partial charge in [-0.05, 0) is 42.4 Å². The van der Waals surface area contributed by atoms with E-state index in [1.165, 1.54) is 4.31 Å². The summed E-state index contributed by atoms with van der Waals surface area (Å²) in [5.74, 6) is 1.27. The van der Waals surface area contributed by atoms with Crippen molar-refractivity contribution in [1.29, 1.82) is 0 Å². The number of hydrogen-bond donors (Lipinski definition) is 0. The van der Waals surface area contributed by atoms with Crippen LogP contribution in [0.2, 0.25) is 0 Å². The highest BCUT2D eigenvalue weighted by Gasteiger charge is 2.42. The fourth-order valence-corrected chi connectivity index (χ4v) is 4.82. The molecule has 6 heteroatoms. The molecule has 0 radical (unpaired) electrons. The molecule has 138 valence electrons. The van der Waals surface area contributed by atoms with E-state index in [2.05, 4.69) is 20.8 Å². The lowest BCUT2D eigenvalue weighted by Gasteiger charge is -2.34. The van der Waals surface area contributed by atoms with Gasteiger partial charge in [-0.3, -0.25) is 4.79 Å². The SMILES string of the molecule is CCC(C)c1ccc(S(=O)(=O)N2CCN(C(=O)C3CC3C)CC2)cc1. The first kappa shape index (κ1) is 18.4. The van der Waals surface area contributed by atoms with Gasteiger partial charge in [-0.1, -0.05) is 32.9 Å². The summed E-state index contributed by atoms with van der Waals surface area (Å²) in [4.78, 5) is 14.5. The molecule has 1 saturated heterocycles. The van der Waals surface area contributed by atoms with Crippen LogP contribution in [0.5, 0.6) is 0 Å². The van der Waals surface area contributed by atoms with Gasteiger partial charge in [-0.2, -0.15) is 4.31 Å². The predicted octanol–water partition coefficient (Wildman–Crippen LogP) is 2.69. The summed E-state index contributed by atoms with van der Waals surface area (Å²) < 4.78 is 27.2. The lowest BCUT2D eigenvalue weighted by Crippen LogP contribution is -2.51. The van der Waals surface area contributed by atoms with Crippen LogP contribution < -0.4 is 0 Å². The molecule has 5 nitrogen and oxygen atoms in total. The first-order valence-electron chi connectivity index (χ1n) is 9.23. The van der Waals surface area contributed by atoms with Gasteiger partial charge in [-0.25, -0.2) is 8.42 Å². The van der Waals surface area contributed by atoms with Gasteiger partial charge < -0.3 is 4.90 Å². The summed E-state index contributed by atoms with van der Waals surface area (Å²) >= 11 is 0. The molecule has 1 aliphatic heterocycles. The summed E-state index contributed by atoms with van der Waals surface area (Å²) in [6.07, 6.45) is 2.00. The monoisotopic (exact) mass is 364 g/mol. The van der Waals surface area contributed by atoms with Crippen LogP contribution in [-0.2, 0) is 14.8 Å². The third kappa shape index (κ3) is 3.75. The van der Waals surface area contributed by atoms with Crippen molar-refractivity contribution in [3.05, 3.63) is 29.8 Å². The number of amides is 1. The van der Waals surface area contributed by atoms with E-state index >= 15 is 0 Å². The second kappa shape index (κ2) is 7.08. The summed E-state index contributed by atoms with van der Waals surface area (Å²) in [5, 5.41) is 0. The van der Waals surface area contributed by atoms with E-state index in [0.29, 0.717) is 42.9 Å². The first-order chi connectivity index (χ1) is 11.8. The maximum Gasteiger partial charge on any atom is 0.243 e. The Morgan fingerprint density at radius 3 is 2.20 bits per heavy atom. The van der Waals surface area contributed by atoms with Crippen LogP contribution in [-0.4, -0.2) is 49.7 Å². The molecular weight excluding hydrogens is 336 g/mol. The number of benzene rings is 1. The van der Waals surface area contributed by atoms with Crippen molar-refractivity contribution in [1.82, 2.24) is 9.21 Å². The van der Waals surface area contributed by atoms with Crippen LogP contribution in [0.25, 0.3) is 0 Å². The molecule has 1 saturated carbocycles. The lowest BCUT2D eigenvalue weighted by molar-refractivity contribution is -0.134. The highest BCUT2D eigenvalue weighted by atomic mass is 32.2. The molecule has 3 atom stereocenters. The van der Waals surface area contributed by atoms with Crippen LogP contribution in [0.15, 0.2) is 29.2 Å². The molecule has 1 aromatic rings. The van der Waals surface area contributed by atoms with Gasteiger partial charge in [0.05, 0.1) is 4.90 Å². The van der Waals surface area contributed by atoms with Crippen LogP contribution in [0.3, 0.4) is 0 Å². The van der Waals surface area contributed by atoms with E-state index < -0.39 is 10.0 Å². The third-order valence-electron chi connectivity index (χ3n) is 5.68. The van der Waals surface area contributed by atoms with E-state index in [1.807, 2.05) is 17.0 Å². The van der Waals surface area contributed by atoms with Crippen LogP contribution in [0.4, 0.5) is 0 Å². The van der Waals surface area contributed by atoms with E-state index in [1.54, 1.807) is 12.1 Å². The molecule has 1 aromatic carbocycles. The molecule has 1 aliphatic carbocycles. The Kier molecular flexibility index (Phi) is 5.21. The van der Waals surface area contributed by atoms with Gasteiger partial charge in [0, 0.05) is 32.1 Å². The highest BCUT2D eigenvalue weighted by Crippen LogP contribution is 2.39.